The van der Waals surface area contributed by atoms with Crippen LogP contribution in [0, 0.1) is 0 Å². The van der Waals surface area contributed by atoms with Gasteiger partial charge in [-0.05, 0) is 6.07 Å². The predicted octanol–water partition coefficient (Wildman–Crippen LogP) is 1.85. The molecule has 0 bridgehead atoms. The summed E-state index contributed by atoms with van der Waals surface area (Å²) in [6.45, 7) is 3.54. The number of halogens is 2. The van der Waals surface area contributed by atoms with E-state index in [0.717, 1.165) is 6.20 Å². The Balaban J connectivity index is 3.05. The Morgan fingerprint density at radius 1 is 1.53 bits per heavy atom. The molecule has 82 valence electrons. The van der Waals surface area contributed by atoms with E-state index in [0.29, 0.717) is 0 Å². The molecule has 1 aromatic rings. The third-order valence-electron chi connectivity index (χ3n) is 1.50. The number of nitrogens with one attached hydrogen (secondary N) is 1. The summed E-state index contributed by atoms with van der Waals surface area (Å²) in [5, 5.41) is 0.164. The van der Waals surface area contributed by atoms with Crippen molar-refractivity contribution in [1.82, 2.24) is 9.71 Å². The lowest BCUT2D eigenvalue weighted by Crippen LogP contribution is -2.23. The van der Waals surface area contributed by atoms with Gasteiger partial charge in [-0.1, -0.05) is 29.3 Å². The van der Waals surface area contributed by atoms with Crippen molar-refractivity contribution in [1.29, 1.82) is 0 Å². The van der Waals surface area contributed by atoms with Gasteiger partial charge >= 0.3 is 0 Å². The molecule has 0 aliphatic rings. The van der Waals surface area contributed by atoms with E-state index in [1.54, 1.807) is 0 Å². The van der Waals surface area contributed by atoms with Crippen molar-refractivity contribution in [3.8, 4) is 0 Å². The molecule has 0 amide bonds. The third-order valence-corrected chi connectivity index (χ3v) is 3.58. The molecule has 0 unspecified atom stereocenters. The van der Waals surface area contributed by atoms with Crippen LogP contribution in [0.2, 0.25) is 10.2 Å². The van der Waals surface area contributed by atoms with Crippen molar-refractivity contribution in [3.05, 3.63) is 35.1 Å². The topological polar surface area (TPSA) is 59.1 Å². The van der Waals surface area contributed by atoms with Crippen molar-refractivity contribution in [2.24, 2.45) is 0 Å². The van der Waals surface area contributed by atoms with E-state index in [9.17, 15) is 8.42 Å². The molecule has 1 rings (SSSR count). The van der Waals surface area contributed by atoms with Gasteiger partial charge in [0.2, 0.25) is 10.0 Å². The summed E-state index contributed by atoms with van der Waals surface area (Å²) in [6, 6.07) is 1.24. The molecule has 1 N–H and O–H groups in total. The fourth-order valence-electron chi connectivity index (χ4n) is 0.803. The summed E-state index contributed by atoms with van der Waals surface area (Å²) in [4.78, 5) is 3.61. The van der Waals surface area contributed by atoms with Gasteiger partial charge in [-0.2, -0.15) is 0 Å². The third kappa shape index (κ3) is 3.17. The van der Waals surface area contributed by atoms with Gasteiger partial charge in [-0.15, -0.1) is 6.58 Å². The van der Waals surface area contributed by atoms with E-state index < -0.39 is 10.0 Å². The Labute approximate surface area is 98.0 Å². The Kier molecular flexibility index (Phi) is 4.10. The average molecular weight is 267 g/mol. The highest BCUT2D eigenvalue weighted by Crippen LogP contribution is 2.21. The lowest BCUT2D eigenvalue weighted by molar-refractivity contribution is 0.585. The summed E-state index contributed by atoms with van der Waals surface area (Å²) in [5.74, 6) is 0. The molecule has 0 saturated heterocycles. The van der Waals surface area contributed by atoms with Gasteiger partial charge < -0.3 is 0 Å². The first-order chi connectivity index (χ1) is 6.97. The molecule has 1 aromatic heterocycles. The molecule has 7 heteroatoms. The molecule has 1 heterocycles. The predicted molar refractivity (Wildman–Crippen MR) is 59.6 cm³/mol. The summed E-state index contributed by atoms with van der Waals surface area (Å²) >= 11 is 11.2. The second-order valence-corrected chi connectivity index (χ2v) is 5.12. The van der Waals surface area contributed by atoms with E-state index in [1.807, 2.05) is 0 Å². The van der Waals surface area contributed by atoms with Gasteiger partial charge in [0.15, 0.2) is 0 Å². The zero-order valence-corrected chi connectivity index (χ0v) is 9.90. The molecular formula is C8H8Cl2N2O2S. The van der Waals surface area contributed by atoms with Crippen LogP contribution in [0.4, 0.5) is 0 Å². The van der Waals surface area contributed by atoms with E-state index >= 15 is 0 Å². The lowest BCUT2D eigenvalue weighted by Gasteiger charge is -2.04. The first-order valence-corrected chi connectivity index (χ1v) is 6.13. The van der Waals surface area contributed by atoms with Crippen LogP contribution in [-0.4, -0.2) is 19.9 Å². The summed E-state index contributed by atoms with van der Waals surface area (Å²) in [6.07, 6.45) is 2.57. The van der Waals surface area contributed by atoms with Crippen LogP contribution in [0.3, 0.4) is 0 Å². The molecule has 0 fully saturated rings. The number of hydrogen-bond donors (Lipinski definition) is 1. The minimum absolute atomic E-state index is 0.0289. The number of rotatable bonds is 4. The normalized spacial score (nSPS) is 11.3. The Morgan fingerprint density at radius 3 is 2.73 bits per heavy atom. The van der Waals surface area contributed by atoms with E-state index in [-0.39, 0.29) is 21.6 Å². The summed E-state index contributed by atoms with van der Waals surface area (Å²) in [5.41, 5.74) is 0. The van der Waals surface area contributed by atoms with E-state index in [4.69, 9.17) is 23.2 Å². The molecule has 15 heavy (non-hydrogen) atoms. The molecule has 0 aliphatic heterocycles. The maximum absolute atomic E-state index is 11.6. The fraction of sp³-hybridized carbons (Fsp3) is 0.125. The highest BCUT2D eigenvalue weighted by Gasteiger charge is 2.14. The minimum Gasteiger partial charge on any atom is -0.242 e. The maximum atomic E-state index is 11.6. The zero-order chi connectivity index (χ0) is 11.5. The van der Waals surface area contributed by atoms with Crippen LogP contribution in [0.25, 0.3) is 0 Å². The minimum atomic E-state index is -3.59. The van der Waals surface area contributed by atoms with Gasteiger partial charge in [0.25, 0.3) is 0 Å². The van der Waals surface area contributed by atoms with Crippen LogP contribution < -0.4 is 4.72 Å². The molecule has 0 radical (unpaired) electrons. The number of aromatic nitrogens is 1. The van der Waals surface area contributed by atoms with Gasteiger partial charge in [0, 0.05) is 12.7 Å². The van der Waals surface area contributed by atoms with Gasteiger partial charge in [-0.25, -0.2) is 18.1 Å². The standard InChI is InChI=1S/C8H8Cl2N2O2S/c1-2-3-12-15(13,14)6-4-7(9)8(10)11-5-6/h2,4-5,12H,1,3H2. The van der Waals surface area contributed by atoms with Crippen molar-refractivity contribution in [2.45, 2.75) is 4.90 Å². The molecule has 0 aromatic carbocycles. The first-order valence-electron chi connectivity index (χ1n) is 3.89. The lowest BCUT2D eigenvalue weighted by atomic mass is 10.5. The van der Waals surface area contributed by atoms with Crippen LogP contribution in [0.5, 0.6) is 0 Å². The average Bonchev–Trinajstić information content (AvgIpc) is 2.19. The van der Waals surface area contributed by atoms with Gasteiger partial charge in [-0.3, -0.25) is 0 Å². The van der Waals surface area contributed by atoms with Gasteiger partial charge in [0.05, 0.1) is 5.02 Å². The number of nitrogens with zero attached hydrogens (tertiary/aromatic N) is 1. The molecule has 0 saturated carbocycles. The highest BCUT2D eigenvalue weighted by molar-refractivity contribution is 7.89. The number of sulfonamides is 1. The van der Waals surface area contributed by atoms with E-state index in [1.165, 1.54) is 12.1 Å². The monoisotopic (exact) mass is 266 g/mol. The van der Waals surface area contributed by atoms with E-state index in [2.05, 4.69) is 16.3 Å². The zero-order valence-electron chi connectivity index (χ0n) is 7.57. The largest absolute Gasteiger partial charge is 0.242 e. The SMILES string of the molecule is C=CCNS(=O)(=O)c1cnc(Cl)c(Cl)c1. The number of hydrogen-bond acceptors (Lipinski definition) is 3. The second-order valence-electron chi connectivity index (χ2n) is 2.58. The second kappa shape index (κ2) is 4.94. The Morgan fingerprint density at radius 2 is 2.20 bits per heavy atom. The molecule has 0 aliphatic carbocycles. The van der Waals surface area contributed by atoms with Crippen LogP contribution in [0.15, 0.2) is 29.8 Å². The van der Waals surface area contributed by atoms with Crippen molar-refractivity contribution in [2.75, 3.05) is 6.54 Å². The first kappa shape index (κ1) is 12.4. The quantitative estimate of drug-likeness (QED) is 0.669. The summed E-state index contributed by atoms with van der Waals surface area (Å²) in [7, 11) is -3.59. The molecular weight excluding hydrogens is 259 g/mol. The van der Waals surface area contributed by atoms with Crippen LogP contribution in [-0.2, 0) is 10.0 Å². The fourth-order valence-corrected chi connectivity index (χ4v) is 2.11. The highest BCUT2D eigenvalue weighted by atomic mass is 35.5. The van der Waals surface area contributed by atoms with Crippen LogP contribution >= 0.6 is 23.2 Å². The molecule has 0 atom stereocenters. The summed E-state index contributed by atoms with van der Waals surface area (Å²) < 4.78 is 25.4. The Bertz CT molecular complexity index is 474. The number of pyridine rings is 1. The van der Waals surface area contributed by atoms with Gasteiger partial charge in [0.1, 0.15) is 10.0 Å². The van der Waals surface area contributed by atoms with Crippen molar-refractivity contribution >= 4 is 33.2 Å². The smallest absolute Gasteiger partial charge is 0.242 e. The Hall–Kier alpha value is -0.620. The maximum Gasteiger partial charge on any atom is 0.242 e. The van der Waals surface area contributed by atoms with Crippen molar-refractivity contribution < 1.29 is 8.42 Å². The molecule has 4 nitrogen and oxygen atoms in total. The van der Waals surface area contributed by atoms with Crippen molar-refractivity contribution in [3.63, 3.8) is 0 Å². The molecule has 0 spiro atoms. The van der Waals surface area contributed by atoms with Crippen LogP contribution in [0.1, 0.15) is 0 Å².